The minimum absolute atomic E-state index is 0.0549. The third-order valence-corrected chi connectivity index (χ3v) is 3.59. The zero-order valence-electron chi connectivity index (χ0n) is 12.1. The van der Waals surface area contributed by atoms with E-state index in [9.17, 15) is 4.79 Å². The first-order valence-corrected chi connectivity index (χ1v) is 7.62. The molecule has 0 saturated heterocycles. The number of hydrogen-bond donors (Lipinski definition) is 1. The van der Waals surface area contributed by atoms with Gasteiger partial charge in [-0.3, -0.25) is 10.1 Å². The number of ether oxygens (including phenoxy) is 1. The smallest absolute Gasteiger partial charge is 0.323 e. The van der Waals surface area contributed by atoms with Crippen LogP contribution in [0.1, 0.15) is 45.2 Å². The van der Waals surface area contributed by atoms with E-state index in [2.05, 4.69) is 5.32 Å². The Labute approximate surface area is 130 Å². The summed E-state index contributed by atoms with van der Waals surface area (Å²) in [6, 6.07) is 4.99. The lowest BCUT2D eigenvalue weighted by Gasteiger charge is -2.22. The van der Waals surface area contributed by atoms with Crippen molar-refractivity contribution < 1.29 is 9.53 Å². The van der Waals surface area contributed by atoms with Gasteiger partial charge in [-0.2, -0.15) is 0 Å². The first kappa shape index (κ1) is 17.3. The largest absolute Gasteiger partial charge is 0.465 e. The lowest BCUT2D eigenvalue weighted by Crippen LogP contribution is -2.39. The van der Waals surface area contributed by atoms with Gasteiger partial charge < -0.3 is 4.74 Å². The standard InChI is InChI=1S/C15H21Cl2NO2/c1-4-6-14(15(19)20-5-2)18-10(3)12-8-7-11(16)9-13(12)17/h7-10,14,18H,4-6H2,1-3H3. The predicted molar refractivity (Wildman–Crippen MR) is 83.3 cm³/mol. The van der Waals surface area contributed by atoms with Crippen LogP contribution in [0.25, 0.3) is 0 Å². The zero-order valence-corrected chi connectivity index (χ0v) is 13.6. The fraction of sp³-hybridized carbons (Fsp3) is 0.533. The Kier molecular flexibility index (Phi) is 7.35. The van der Waals surface area contributed by atoms with Crippen molar-refractivity contribution in [3.63, 3.8) is 0 Å². The Bertz CT molecular complexity index is 451. The van der Waals surface area contributed by atoms with Crippen LogP contribution in [0.15, 0.2) is 18.2 Å². The maximum absolute atomic E-state index is 11.9. The molecule has 0 saturated carbocycles. The highest BCUT2D eigenvalue weighted by molar-refractivity contribution is 6.35. The molecule has 0 radical (unpaired) electrons. The summed E-state index contributed by atoms with van der Waals surface area (Å²) in [5, 5.41) is 4.47. The highest BCUT2D eigenvalue weighted by Crippen LogP contribution is 2.26. The average molecular weight is 318 g/mol. The van der Waals surface area contributed by atoms with E-state index in [1.165, 1.54) is 0 Å². The van der Waals surface area contributed by atoms with Crippen molar-refractivity contribution in [3.05, 3.63) is 33.8 Å². The van der Waals surface area contributed by atoms with Gasteiger partial charge in [-0.15, -0.1) is 0 Å². The van der Waals surface area contributed by atoms with Gasteiger partial charge in [-0.25, -0.2) is 0 Å². The molecule has 2 unspecified atom stereocenters. The molecule has 0 bridgehead atoms. The second-order valence-electron chi connectivity index (χ2n) is 4.65. The number of carbonyl (C=O) groups is 1. The molecule has 1 aromatic carbocycles. The zero-order chi connectivity index (χ0) is 15.1. The molecule has 0 amide bonds. The lowest BCUT2D eigenvalue weighted by molar-refractivity contribution is -0.146. The van der Waals surface area contributed by atoms with Gasteiger partial charge in [0, 0.05) is 16.1 Å². The molecule has 112 valence electrons. The number of halogens is 2. The second kappa shape index (κ2) is 8.50. The molecule has 1 rings (SSSR count). The van der Waals surface area contributed by atoms with Crippen LogP contribution in [0.3, 0.4) is 0 Å². The summed E-state index contributed by atoms with van der Waals surface area (Å²) in [6.45, 7) is 6.20. The van der Waals surface area contributed by atoms with E-state index in [1.807, 2.05) is 19.9 Å². The summed E-state index contributed by atoms with van der Waals surface area (Å²) >= 11 is 12.1. The van der Waals surface area contributed by atoms with E-state index >= 15 is 0 Å². The van der Waals surface area contributed by atoms with Gasteiger partial charge in [0.25, 0.3) is 0 Å². The minimum atomic E-state index is -0.318. The molecule has 0 fully saturated rings. The fourth-order valence-corrected chi connectivity index (χ4v) is 2.62. The van der Waals surface area contributed by atoms with Crippen molar-refractivity contribution in [2.45, 2.75) is 45.7 Å². The number of esters is 1. The first-order valence-electron chi connectivity index (χ1n) is 6.87. The highest BCUT2D eigenvalue weighted by atomic mass is 35.5. The number of carbonyl (C=O) groups excluding carboxylic acids is 1. The SMILES string of the molecule is CCCC(NC(C)c1ccc(Cl)cc1Cl)C(=O)OCC. The van der Waals surface area contributed by atoms with E-state index in [0.717, 1.165) is 18.4 Å². The maximum atomic E-state index is 11.9. The van der Waals surface area contributed by atoms with E-state index in [-0.39, 0.29) is 18.1 Å². The summed E-state index contributed by atoms with van der Waals surface area (Å²) < 4.78 is 5.09. The molecule has 0 aliphatic carbocycles. The van der Waals surface area contributed by atoms with Gasteiger partial charge in [0.1, 0.15) is 6.04 Å². The molecule has 0 heterocycles. The molecule has 1 N–H and O–H groups in total. The molecule has 0 aliphatic rings. The van der Waals surface area contributed by atoms with E-state index in [4.69, 9.17) is 27.9 Å². The quantitative estimate of drug-likeness (QED) is 0.758. The maximum Gasteiger partial charge on any atom is 0.323 e. The number of rotatable bonds is 7. The van der Waals surface area contributed by atoms with E-state index < -0.39 is 0 Å². The fourth-order valence-electron chi connectivity index (χ4n) is 2.04. The summed E-state index contributed by atoms with van der Waals surface area (Å²) in [7, 11) is 0. The van der Waals surface area contributed by atoms with Crippen LogP contribution in [0.5, 0.6) is 0 Å². The number of benzene rings is 1. The third-order valence-electron chi connectivity index (χ3n) is 3.03. The predicted octanol–water partition coefficient (Wildman–Crippen LogP) is 4.38. The highest BCUT2D eigenvalue weighted by Gasteiger charge is 2.22. The summed E-state index contributed by atoms with van der Waals surface area (Å²) in [4.78, 5) is 11.9. The van der Waals surface area contributed by atoms with Crippen molar-refractivity contribution in [1.82, 2.24) is 5.32 Å². The molecule has 1 aromatic rings. The number of hydrogen-bond acceptors (Lipinski definition) is 3. The van der Waals surface area contributed by atoms with Crippen molar-refractivity contribution in [1.29, 1.82) is 0 Å². The van der Waals surface area contributed by atoms with E-state index in [0.29, 0.717) is 16.7 Å². The van der Waals surface area contributed by atoms with Gasteiger partial charge in [-0.1, -0.05) is 42.6 Å². The van der Waals surface area contributed by atoms with Crippen LogP contribution in [0.4, 0.5) is 0 Å². The van der Waals surface area contributed by atoms with Gasteiger partial charge in [0.15, 0.2) is 0 Å². The minimum Gasteiger partial charge on any atom is -0.465 e. The van der Waals surface area contributed by atoms with Gasteiger partial charge >= 0.3 is 5.97 Å². The Morgan fingerprint density at radius 3 is 2.60 bits per heavy atom. The molecular formula is C15H21Cl2NO2. The number of nitrogens with one attached hydrogen (secondary N) is 1. The van der Waals surface area contributed by atoms with Crippen LogP contribution < -0.4 is 5.32 Å². The Balaban J connectivity index is 2.79. The third kappa shape index (κ3) is 4.97. The Morgan fingerprint density at radius 1 is 1.35 bits per heavy atom. The normalized spacial score (nSPS) is 13.8. The van der Waals surface area contributed by atoms with Crippen LogP contribution in [-0.4, -0.2) is 18.6 Å². The van der Waals surface area contributed by atoms with Gasteiger partial charge in [0.05, 0.1) is 6.61 Å². The van der Waals surface area contributed by atoms with Crippen LogP contribution in [0, 0.1) is 0 Å². The summed E-state index contributed by atoms with van der Waals surface area (Å²) in [6.07, 6.45) is 1.63. The molecule has 0 aromatic heterocycles. The van der Waals surface area contributed by atoms with Crippen molar-refractivity contribution >= 4 is 29.2 Å². The van der Waals surface area contributed by atoms with Crippen LogP contribution in [-0.2, 0) is 9.53 Å². The topological polar surface area (TPSA) is 38.3 Å². The van der Waals surface area contributed by atoms with Crippen LogP contribution in [0.2, 0.25) is 10.0 Å². The molecule has 0 spiro atoms. The summed E-state index contributed by atoms with van der Waals surface area (Å²) in [5.74, 6) is -0.216. The Hall–Kier alpha value is -0.770. The average Bonchev–Trinajstić information content (AvgIpc) is 2.38. The second-order valence-corrected chi connectivity index (χ2v) is 5.49. The molecule has 20 heavy (non-hydrogen) atoms. The van der Waals surface area contributed by atoms with Gasteiger partial charge in [0.2, 0.25) is 0 Å². The first-order chi connectivity index (χ1) is 9.49. The molecule has 5 heteroatoms. The monoisotopic (exact) mass is 317 g/mol. The molecule has 3 nitrogen and oxygen atoms in total. The van der Waals surface area contributed by atoms with Crippen molar-refractivity contribution in [2.24, 2.45) is 0 Å². The van der Waals surface area contributed by atoms with Gasteiger partial charge in [-0.05, 0) is 38.0 Å². The lowest BCUT2D eigenvalue weighted by atomic mass is 10.1. The van der Waals surface area contributed by atoms with Crippen molar-refractivity contribution in [2.75, 3.05) is 6.61 Å². The molecular weight excluding hydrogens is 297 g/mol. The Morgan fingerprint density at radius 2 is 2.05 bits per heavy atom. The van der Waals surface area contributed by atoms with Crippen molar-refractivity contribution in [3.8, 4) is 0 Å². The molecule has 2 atom stereocenters. The van der Waals surface area contributed by atoms with E-state index in [1.54, 1.807) is 19.1 Å². The van der Waals surface area contributed by atoms with Crippen LogP contribution >= 0.6 is 23.2 Å². The summed E-state index contributed by atoms with van der Waals surface area (Å²) in [5.41, 5.74) is 0.918. The molecule has 0 aliphatic heterocycles.